The van der Waals surface area contributed by atoms with Gasteiger partial charge in [-0.15, -0.1) is 0 Å². The Hall–Kier alpha value is -2.67. The van der Waals surface area contributed by atoms with E-state index >= 15 is 0 Å². The third-order valence-corrected chi connectivity index (χ3v) is 4.32. The predicted molar refractivity (Wildman–Crippen MR) is 88.0 cm³/mol. The van der Waals surface area contributed by atoms with Crippen molar-refractivity contribution in [3.8, 4) is 17.1 Å². The molecule has 0 saturated carbocycles. The molecule has 25 heavy (non-hydrogen) atoms. The molecule has 3 aromatic rings. The van der Waals surface area contributed by atoms with Crippen LogP contribution in [0.4, 0.5) is 0 Å². The summed E-state index contributed by atoms with van der Waals surface area (Å²) in [6.45, 7) is 4.95. The summed E-state index contributed by atoms with van der Waals surface area (Å²) in [6, 6.07) is 7.59. The van der Waals surface area contributed by atoms with Gasteiger partial charge >= 0.3 is 0 Å². The molecule has 7 heteroatoms. The molecule has 1 aliphatic heterocycles. The van der Waals surface area contributed by atoms with Crippen molar-refractivity contribution in [3.05, 3.63) is 47.2 Å². The predicted octanol–water partition coefficient (Wildman–Crippen LogP) is 3.77. The van der Waals surface area contributed by atoms with E-state index in [9.17, 15) is 0 Å². The summed E-state index contributed by atoms with van der Waals surface area (Å²) in [5.41, 5.74) is 2.70. The molecule has 3 heterocycles. The van der Waals surface area contributed by atoms with Crippen LogP contribution < -0.4 is 4.74 Å². The van der Waals surface area contributed by atoms with Crippen LogP contribution in [0.5, 0.6) is 5.75 Å². The van der Waals surface area contributed by atoms with Crippen molar-refractivity contribution in [2.24, 2.45) is 0 Å². The molecule has 1 aliphatic rings. The minimum absolute atomic E-state index is 0.0705. The normalized spacial score (nSPS) is 17.1. The van der Waals surface area contributed by atoms with Crippen LogP contribution in [0.1, 0.15) is 41.9 Å². The van der Waals surface area contributed by atoms with Gasteiger partial charge in [0, 0.05) is 12.2 Å². The van der Waals surface area contributed by atoms with Crippen molar-refractivity contribution in [3.63, 3.8) is 0 Å². The average Bonchev–Trinajstić information content (AvgIpc) is 3.36. The zero-order valence-electron chi connectivity index (χ0n) is 14.2. The molecule has 1 fully saturated rings. The fourth-order valence-corrected chi connectivity index (χ4v) is 2.82. The topological polar surface area (TPSA) is 83.4 Å². The monoisotopic (exact) mass is 341 g/mol. The highest BCUT2D eigenvalue weighted by molar-refractivity contribution is 5.55. The van der Waals surface area contributed by atoms with E-state index in [-0.39, 0.29) is 6.10 Å². The Morgan fingerprint density at radius 2 is 1.96 bits per heavy atom. The largest absolute Gasteiger partial charge is 0.489 e. The van der Waals surface area contributed by atoms with Crippen LogP contribution in [0.2, 0.25) is 0 Å². The second-order valence-electron chi connectivity index (χ2n) is 6.07. The summed E-state index contributed by atoms with van der Waals surface area (Å²) in [5, 5.41) is 7.97. The molecule has 2 aromatic heterocycles. The summed E-state index contributed by atoms with van der Waals surface area (Å²) < 4.78 is 21.8. The third-order valence-electron chi connectivity index (χ3n) is 4.32. The standard InChI is InChI=1S/C18H19N3O4/c1-11-15(12(2)24-20-11)10-23-14-7-5-13(6-8-14)17-19-18(25-21-17)16-4-3-9-22-16/h5-8,16H,3-4,9-10H2,1-2H3/t16-/m0/s1. The molecule has 0 aliphatic carbocycles. The zero-order chi connectivity index (χ0) is 17.2. The molecule has 0 unspecified atom stereocenters. The smallest absolute Gasteiger partial charge is 0.256 e. The second kappa shape index (κ2) is 6.68. The van der Waals surface area contributed by atoms with E-state index in [1.165, 1.54) is 0 Å². The molecule has 130 valence electrons. The van der Waals surface area contributed by atoms with Gasteiger partial charge in [-0.2, -0.15) is 4.98 Å². The lowest BCUT2D eigenvalue weighted by atomic mass is 10.2. The van der Waals surface area contributed by atoms with E-state index in [1.54, 1.807) is 0 Å². The number of benzene rings is 1. The maximum Gasteiger partial charge on any atom is 0.256 e. The van der Waals surface area contributed by atoms with Crippen molar-refractivity contribution >= 4 is 0 Å². The summed E-state index contributed by atoms with van der Waals surface area (Å²) in [5.74, 6) is 2.64. The number of ether oxygens (including phenoxy) is 2. The maximum atomic E-state index is 5.81. The molecule has 0 radical (unpaired) electrons. The Morgan fingerprint density at radius 1 is 1.12 bits per heavy atom. The Kier molecular flexibility index (Phi) is 4.23. The van der Waals surface area contributed by atoms with Crippen LogP contribution >= 0.6 is 0 Å². The molecule has 0 N–H and O–H groups in total. The SMILES string of the molecule is Cc1noc(C)c1COc1ccc(-c2noc([C@@H]3CCCO3)n2)cc1. The van der Waals surface area contributed by atoms with Crippen molar-refractivity contribution in [1.29, 1.82) is 0 Å². The first-order valence-corrected chi connectivity index (χ1v) is 8.31. The number of aryl methyl sites for hydroxylation is 2. The number of hydrogen-bond acceptors (Lipinski definition) is 7. The number of rotatable bonds is 5. The van der Waals surface area contributed by atoms with Gasteiger partial charge < -0.3 is 18.5 Å². The molecule has 1 aromatic carbocycles. The van der Waals surface area contributed by atoms with Gasteiger partial charge in [0.25, 0.3) is 5.89 Å². The summed E-state index contributed by atoms with van der Waals surface area (Å²) in [6.07, 6.45) is 1.88. The van der Waals surface area contributed by atoms with Gasteiger partial charge in [-0.3, -0.25) is 0 Å². The first-order valence-electron chi connectivity index (χ1n) is 8.31. The molecule has 1 atom stereocenters. The van der Waals surface area contributed by atoms with E-state index in [0.29, 0.717) is 18.3 Å². The average molecular weight is 341 g/mol. The molecular formula is C18H19N3O4. The van der Waals surface area contributed by atoms with Crippen LogP contribution in [0, 0.1) is 13.8 Å². The van der Waals surface area contributed by atoms with E-state index in [0.717, 1.165) is 47.8 Å². The number of nitrogens with zero attached hydrogens (tertiary/aromatic N) is 3. The van der Waals surface area contributed by atoms with Crippen LogP contribution in [0.25, 0.3) is 11.4 Å². The van der Waals surface area contributed by atoms with Gasteiger partial charge in [-0.05, 0) is 51.0 Å². The highest BCUT2D eigenvalue weighted by Crippen LogP contribution is 2.29. The first kappa shape index (κ1) is 15.8. The minimum Gasteiger partial charge on any atom is -0.489 e. The fraction of sp³-hybridized carbons (Fsp3) is 0.389. The van der Waals surface area contributed by atoms with Gasteiger partial charge in [-0.25, -0.2) is 0 Å². The van der Waals surface area contributed by atoms with Crippen LogP contribution in [-0.2, 0) is 11.3 Å². The van der Waals surface area contributed by atoms with Gasteiger partial charge in [-0.1, -0.05) is 10.3 Å². The molecule has 0 amide bonds. The highest BCUT2D eigenvalue weighted by atomic mass is 16.5. The Bertz CT molecular complexity index is 828. The van der Waals surface area contributed by atoms with Crippen LogP contribution in [0.3, 0.4) is 0 Å². The Morgan fingerprint density at radius 3 is 2.64 bits per heavy atom. The molecule has 7 nitrogen and oxygen atoms in total. The van der Waals surface area contributed by atoms with Gasteiger partial charge in [0.05, 0.1) is 11.3 Å². The van der Waals surface area contributed by atoms with Crippen LogP contribution in [-0.4, -0.2) is 21.9 Å². The first-order chi connectivity index (χ1) is 12.2. The summed E-state index contributed by atoms with van der Waals surface area (Å²) in [7, 11) is 0. The maximum absolute atomic E-state index is 5.81. The van der Waals surface area contributed by atoms with Gasteiger partial charge in [0.15, 0.2) is 0 Å². The Balaban J connectivity index is 1.43. The number of hydrogen-bond donors (Lipinski definition) is 0. The quantitative estimate of drug-likeness (QED) is 0.698. The van der Waals surface area contributed by atoms with Gasteiger partial charge in [0.2, 0.25) is 5.82 Å². The van der Waals surface area contributed by atoms with Crippen molar-refractivity contribution < 1.29 is 18.5 Å². The highest BCUT2D eigenvalue weighted by Gasteiger charge is 2.24. The lowest BCUT2D eigenvalue weighted by Gasteiger charge is -2.06. The third kappa shape index (κ3) is 3.28. The lowest BCUT2D eigenvalue weighted by molar-refractivity contribution is 0.0835. The fourth-order valence-electron chi connectivity index (χ4n) is 2.82. The van der Waals surface area contributed by atoms with Crippen molar-refractivity contribution in [2.75, 3.05) is 6.61 Å². The van der Waals surface area contributed by atoms with E-state index in [4.69, 9.17) is 18.5 Å². The molecule has 0 bridgehead atoms. The van der Waals surface area contributed by atoms with E-state index in [2.05, 4.69) is 15.3 Å². The summed E-state index contributed by atoms with van der Waals surface area (Å²) in [4.78, 5) is 4.44. The van der Waals surface area contributed by atoms with E-state index < -0.39 is 0 Å². The second-order valence-corrected chi connectivity index (χ2v) is 6.07. The Labute approximate surface area is 144 Å². The molecule has 0 spiro atoms. The van der Waals surface area contributed by atoms with Crippen molar-refractivity contribution in [2.45, 2.75) is 39.4 Å². The van der Waals surface area contributed by atoms with Gasteiger partial charge in [0.1, 0.15) is 24.2 Å². The zero-order valence-corrected chi connectivity index (χ0v) is 14.2. The molecule has 1 saturated heterocycles. The van der Waals surface area contributed by atoms with Crippen LogP contribution in [0.15, 0.2) is 33.3 Å². The lowest BCUT2D eigenvalue weighted by Crippen LogP contribution is -1.98. The minimum atomic E-state index is -0.0705. The number of aromatic nitrogens is 3. The summed E-state index contributed by atoms with van der Waals surface area (Å²) >= 11 is 0. The molecular weight excluding hydrogens is 322 g/mol. The van der Waals surface area contributed by atoms with E-state index in [1.807, 2.05) is 38.1 Å². The van der Waals surface area contributed by atoms with Crippen molar-refractivity contribution in [1.82, 2.24) is 15.3 Å². The molecule has 4 rings (SSSR count).